The molecule has 0 spiro atoms. The Morgan fingerprint density at radius 1 is 1.07 bits per heavy atom. The number of hydrogen-bond donors (Lipinski definition) is 1. The van der Waals surface area contributed by atoms with Crippen molar-refractivity contribution in [1.82, 2.24) is 9.62 Å². The number of morpholine rings is 1. The minimum atomic E-state index is -3.48. The molecule has 0 radical (unpaired) electrons. The average Bonchev–Trinajstić information content (AvgIpc) is 3.23. The third kappa shape index (κ3) is 4.88. The maximum absolute atomic E-state index is 12.7. The number of fused-ring (bicyclic) bond motifs is 1. The van der Waals surface area contributed by atoms with E-state index in [-0.39, 0.29) is 5.91 Å². The standard InChI is InChI=1S/C21H26N2O4S2/c24-20(14-16-5-6-17-3-1-2-4-18(17)13-16)22-15-19-7-8-21(28-19)29(25,26)23-9-11-27-12-10-23/h5-8,13H,1-4,9-12,14-15H2,(H,22,24). The molecule has 2 aliphatic rings. The van der Waals surface area contributed by atoms with Gasteiger partial charge in [-0.1, -0.05) is 18.2 Å². The maximum Gasteiger partial charge on any atom is 0.252 e. The number of thiophene rings is 1. The predicted molar refractivity (Wildman–Crippen MR) is 113 cm³/mol. The Morgan fingerprint density at radius 2 is 1.83 bits per heavy atom. The number of ether oxygens (including phenoxy) is 1. The van der Waals surface area contributed by atoms with E-state index in [1.807, 2.05) is 6.07 Å². The van der Waals surface area contributed by atoms with Gasteiger partial charge in [0.15, 0.2) is 0 Å². The van der Waals surface area contributed by atoms with Crippen LogP contribution in [0.3, 0.4) is 0 Å². The van der Waals surface area contributed by atoms with Gasteiger partial charge in [-0.15, -0.1) is 11.3 Å². The first-order chi connectivity index (χ1) is 14.0. The molecule has 0 bridgehead atoms. The van der Waals surface area contributed by atoms with Gasteiger partial charge in [-0.2, -0.15) is 4.31 Å². The number of nitrogens with zero attached hydrogens (tertiary/aromatic N) is 1. The Morgan fingerprint density at radius 3 is 2.62 bits per heavy atom. The number of hydrogen-bond acceptors (Lipinski definition) is 5. The summed E-state index contributed by atoms with van der Waals surface area (Å²) in [7, 11) is -3.48. The lowest BCUT2D eigenvalue weighted by atomic mass is 9.90. The third-order valence-corrected chi connectivity index (χ3v) is 8.89. The van der Waals surface area contributed by atoms with Crippen LogP contribution in [0.25, 0.3) is 0 Å². The molecule has 6 nitrogen and oxygen atoms in total. The molecule has 0 unspecified atom stereocenters. The first-order valence-corrected chi connectivity index (χ1v) is 12.3. The van der Waals surface area contributed by atoms with Crippen LogP contribution in [-0.4, -0.2) is 44.9 Å². The highest BCUT2D eigenvalue weighted by molar-refractivity contribution is 7.91. The van der Waals surface area contributed by atoms with Gasteiger partial charge in [0.25, 0.3) is 10.0 Å². The van der Waals surface area contributed by atoms with Gasteiger partial charge in [0.2, 0.25) is 5.91 Å². The van der Waals surface area contributed by atoms with E-state index in [0.29, 0.717) is 43.5 Å². The molecule has 156 valence electrons. The van der Waals surface area contributed by atoms with E-state index in [1.165, 1.54) is 39.6 Å². The number of nitrogens with one attached hydrogen (secondary N) is 1. The van der Waals surface area contributed by atoms with Crippen molar-refractivity contribution in [3.8, 4) is 0 Å². The van der Waals surface area contributed by atoms with Gasteiger partial charge < -0.3 is 10.1 Å². The summed E-state index contributed by atoms with van der Waals surface area (Å²) < 4.78 is 32.4. The van der Waals surface area contributed by atoms with E-state index in [9.17, 15) is 13.2 Å². The van der Waals surface area contributed by atoms with Crippen molar-refractivity contribution in [3.63, 3.8) is 0 Å². The second-order valence-electron chi connectivity index (χ2n) is 7.50. The lowest BCUT2D eigenvalue weighted by Gasteiger charge is -2.25. The molecule has 29 heavy (non-hydrogen) atoms. The van der Waals surface area contributed by atoms with Crippen LogP contribution in [0.15, 0.2) is 34.5 Å². The Kier molecular flexibility index (Phi) is 6.34. The third-order valence-electron chi connectivity index (χ3n) is 5.44. The van der Waals surface area contributed by atoms with Crippen molar-refractivity contribution in [1.29, 1.82) is 0 Å². The van der Waals surface area contributed by atoms with Crippen LogP contribution >= 0.6 is 11.3 Å². The normalized spacial score (nSPS) is 17.7. The molecule has 1 aliphatic heterocycles. The van der Waals surface area contributed by atoms with E-state index in [0.717, 1.165) is 23.3 Å². The molecule has 4 rings (SSSR count). The molecule has 0 saturated carbocycles. The van der Waals surface area contributed by atoms with Crippen LogP contribution in [-0.2, 0) is 45.4 Å². The largest absolute Gasteiger partial charge is 0.379 e. The van der Waals surface area contributed by atoms with Gasteiger partial charge in [0.1, 0.15) is 4.21 Å². The summed E-state index contributed by atoms with van der Waals surface area (Å²) in [5.41, 5.74) is 3.82. The zero-order chi connectivity index (χ0) is 20.3. The molecular formula is C21H26N2O4S2. The van der Waals surface area contributed by atoms with Crippen LogP contribution < -0.4 is 5.32 Å². The molecular weight excluding hydrogens is 408 g/mol. The smallest absolute Gasteiger partial charge is 0.252 e. The van der Waals surface area contributed by atoms with Crippen LogP contribution in [0.1, 0.15) is 34.4 Å². The summed E-state index contributed by atoms with van der Waals surface area (Å²) in [4.78, 5) is 13.2. The SMILES string of the molecule is O=C(Cc1ccc2c(c1)CCCC2)NCc1ccc(S(=O)(=O)N2CCOCC2)s1. The monoisotopic (exact) mass is 434 g/mol. The van der Waals surface area contributed by atoms with Crippen molar-refractivity contribution < 1.29 is 17.9 Å². The summed E-state index contributed by atoms with van der Waals surface area (Å²) in [6.07, 6.45) is 5.04. The quantitative estimate of drug-likeness (QED) is 0.758. The van der Waals surface area contributed by atoms with Gasteiger partial charge in [-0.3, -0.25) is 4.79 Å². The van der Waals surface area contributed by atoms with Gasteiger partial charge in [-0.25, -0.2) is 8.42 Å². The van der Waals surface area contributed by atoms with Crippen molar-refractivity contribution >= 4 is 27.3 Å². The van der Waals surface area contributed by atoms with Crippen molar-refractivity contribution in [2.75, 3.05) is 26.3 Å². The molecule has 1 amide bonds. The Bertz CT molecular complexity index is 978. The number of aryl methyl sites for hydroxylation is 2. The van der Waals surface area contributed by atoms with E-state index < -0.39 is 10.0 Å². The topological polar surface area (TPSA) is 75.7 Å². The minimum Gasteiger partial charge on any atom is -0.379 e. The van der Waals surface area contributed by atoms with E-state index >= 15 is 0 Å². The van der Waals surface area contributed by atoms with E-state index in [2.05, 4.69) is 17.4 Å². The maximum atomic E-state index is 12.7. The summed E-state index contributed by atoms with van der Waals surface area (Å²) in [6, 6.07) is 9.75. The van der Waals surface area contributed by atoms with Gasteiger partial charge >= 0.3 is 0 Å². The molecule has 1 fully saturated rings. The molecule has 1 N–H and O–H groups in total. The summed E-state index contributed by atoms with van der Waals surface area (Å²) in [5, 5.41) is 2.91. The Hall–Kier alpha value is -1.74. The van der Waals surface area contributed by atoms with Gasteiger partial charge in [0, 0.05) is 18.0 Å². The van der Waals surface area contributed by atoms with Crippen molar-refractivity contribution in [2.45, 2.75) is 42.9 Å². The minimum absolute atomic E-state index is 0.0493. The highest BCUT2D eigenvalue weighted by Gasteiger charge is 2.27. The number of benzene rings is 1. The fourth-order valence-electron chi connectivity index (χ4n) is 3.84. The van der Waals surface area contributed by atoms with Crippen molar-refractivity contribution in [2.24, 2.45) is 0 Å². The summed E-state index contributed by atoms with van der Waals surface area (Å²) in [6.45, 7) is 1.96. The van der Waals surface area contributed by atoms with Crippen LogP contribution in [0, 0.1) is 0 Å². The molecule has 2 aromatic rings. The van der Waals surface area contributed by atoms with E-state index in [1.54, 1.807) is 12.1 Å². The molecule has 0 atom stereocenters. The number of sulfonamides is 1. The zero-order valence-corrected chi connectivity index (χ0v) is 18.0. The second-order valence-corrected chi connectivity index (χ2v) is 10.8. The fourth-order valence-corrected chi connectivity index (χ4v) is 6.69. The second kappa shape index (κ2) is 8.95. The van der Waals surface area contributed by atoms with Gasteiger partial charge in [-0.05, 0) is 54.5 Å². The number of carbonyl (C=O) groups is 1. The van der Waals surface area contributed by atoms with Crippen LogP contribution in [0.4, 0.5) is 0 Å². The average molecular weight is 435 g/mol. The number of rotatable bonds is 6. The van der Waals surface area contributed by atoms with Crippen molar-refractivity contribution in [3.05, 3.63) is 51.9 Å². The first kappa shape index (κ1) is 20.5. The molecule has 2 heterocycles. The lowest BCUT2D eigenvalue weighted by Crippen LogP contribution is -2.40. The van der Waals surface area contributed by atoms with E-state index in [4.69, 9.17) is 4.74 Å². The van der Waals surface area contributed by atoms with Crippen LogP contribution in [0.5, 0.6) is 0 Å². The summed E-state index contributed by atoms with van der Waals surface area (Å²) >= 11 is 1.22. The molecule has 8 heteroatoms. The molecule has 1 aromatic heterocycles. The molecule has 1 aromatic carbocycles. The van der Waals surface area contributed by atoms with Gasteiger partial charge in [0.05, 0.1) is 26.2 Å². The Balaban J connectivity index is 1.33. The zero-order valence-electron chi connectivity index (χ0n) is 16.4. The highest BCUT2D eigenvalue weighted by Crippen LogP contribution is 2.26. The lowest BCUT2D eigenvalue weighted by molar-refractivity contribution is -0.120. The number of amides is 1. The first-order valence-electron chi connectivity index (χ1n) is 10.1. The molecule has 1 saturated heterocycles. The van der Waals surface area contributed by atoms with Crippen LogP contribution in [0.2, 0.25) is 0 Å². The predicted octanol–water partition coefficient (Wildman–Crippen LogP) is 2.51. The Labute approximate surface area is 175 Å². The summed E-state index contributed by atoms with van der Waals surface area (Å²) in [5.74, 6) is -0.0493. The fraction of sp³-hybridized carbons (Fsp3) is 0.476. The highest BCUT2D eigenvalue weighted by atomic mass is 32.2. The molecule has 1 aliphatic carbocycles. The number of carbonyl (C=O) groups excluding carboxylic acids is 1.